The first kappa shape index (κ1) is 32.1. The van der Waals surface area contributed by atoms with Gasteiger partial charge in [-0.2, -0.15) is 10.2 Å². The molecule has 2 fully saturated rings. The van der Waals surface area contributed by atoms with E-state index in [0.29, 0.717) is 18.5 Å². The molecule has 2 unspecified atom stereocenters. The molecule has 13 heteroatoms. The summed E-state index contributed by atoms with van der Waals surface area (Å²) in [5.74, 6) is -0.470. The Balaban J connectivity index is 0.929. The van der Waals surface area contributed by atoms with Crippen molar-refractivity contribution in [2.24, 2.45) is 0 Å². The zero-order valence-corrected chi connectivity index (χ0v) is 27.8. The number of hydrogen-bond donors (Lipinski definition) is 0. The number of benzene rings is 3. The highest BCUT2D eigenvalue weighted by atomic mass is 32.2. The molecule has 3 aromatic carbocycles. The molecule has 0 aliphatic carbocycles. The summed E-state index contributed by atoms with van der Waals surface area (Å²) in [4.78, 5) is 21.4. The first-order valence-corrected chi connectivity index (χ1v) is 17.3. The van der Waals surface area contributed by atoms with Gasteiger partial charge in [-0.3, -0.25) is 0 Å². The number of aromatic nitrogens is 6. The second-order valence-corrected chi connectivity index (χ2v) is 13.7. The molecular weight excluding hydrogens is 635 g/mol. The van der Waals surface area contributed by atoms with Crippen LogP contribution in [-0.2, 0) is 22.6 Å². The van der Waals surface area contributed by atoms with Crippen LogP contribution in [0.3, 0.4) is 0 Å². The summed E-state index contributed by atoms with van der Waals surface area (Å²) in [5, 5.41) is 8.43. The van der Waals surface area contributed by atoms with Gasteiger partial charge in [-0.05, 0) is 74.7 Å². The van der Waals surface area contributed by atoms with Gasteiger partial charge in [0, 0.05) is 54.9 Å². The highest BCUT2D eigenvalue weighted by Crippen LogP contribution is 2.45. The average molecular weight is 673 g/mol. The molecule has 0 radical (unpaired) electrons. The number of thioether (sulfide) groups is 1. The van der Waals surface area contributed by atoms with E-state index in [-0.39, 0.29) is 17.2 Å². The third-order valence-corrected chi connectivity index (χ3v) is 10.3. The van der Waals surface area contributed by atoms with Crippen LogP contribution < -0.4 is 15.5 Å². The summed E-state index contributed by atoms with van der Waals surface area (Å²) >= 11 is 1.69. The topological polar surface area (TPSA) is 86.2 Å². The van der Waals surface area contributed by atoms with Crippen LogP contribution >= 0.6 is 11.8 Å². The zero-order chi connectivity index (χ0) is 33.3. The summed E-state index contributed by atoms with van der Waals surface area (Å²) in [7, 11) is 0. The van der Waals surface area contributed by atoms with Gasteiger partial charge in [-0.25, -0.2) is 32.5 Å². The van der Waals surface area contributed by atoms with E-state index in [1.54, 1.807) is 33.7 Å². The second kappa shape index (κ2) is 13.6. The molecule has 2 aliphatic rings. The Hall–Kier alpha value is -4.49. The summed E-state index contributed by atoms with van der Waals surface area (Å²) in [6.07, 6.45) is 5.93. The summed E-state index contributed by atoms with van der Waals surface area (Å²) in [5.41, 5.74) is 3.43. The molecule has 5 aromatic rings. The van der Waals surface area contributed by atoms with E-state index < -0.39 is 17.2 Å². The van der Waals surface area contributed by atoms with E-state index in [0.717, 1.165) is 55.8 Å². The minimum Gasteiger partial charge on any atom is -0.368 e. The highest BCUT2D eigenvalue weighted by molar-refractivity contribution is 7.99. The maximum Gasteiger partial charge on any atom is 0.350 e. The fraction of sp³-hybridized carbons (Fsp3) is 0.371. The van der Waals surface area contributed by atoms with E-state index in [2.05, 4.69) is 61.4 Å². The van der Waals surface area contributed by atoms with Crippen LogP contribution in [0.4, 0.5) is 20.2 Å². The van der Waals surface area contributed by atoms with Crippen LogP contribution in [0.1, 0.15) is 43.9 Å². The van der Waals surface area contributed by atoms with Gasteiger partial charge in [0.15, 0.2) is 0 Å². The number of rotatable bonds is 10. The van der Waals surface area contributed by atoms with Crippen LogP contribution in [0.2, 0.25) is 0 Å². The molecule has 2 aliphatic heterocycles. The lowest BCUT2D eigenvalue weighted by atomic mass is 9.90. The SMILES string of the molecule is CC(C)n1ncn(-c2ccc(N3CCN(c4ccc(CSC5CCC(Cn6cncn6)(c6ccc(F)cc6F)O5)cc4)CC3)cc2)c1=O. The second-order valence-electron chi connectivity index (χ2n) is 12.6. The Morgan fingerprint density at radius 2 is 1.56 bits per heavy atom. The molecule has 0 spiro atoms. The first-order chi connectivity index (χ1) is 23.3. The van der Waals surface area contributed by atoms with Crippen LogP contribution in [0, 0.1) is 11.6 Å². The van der Waals surface area contributed by atoms with Crippen LogP contribution in [0.25, 0.3) is 5.69 Å². The normalized spacial score (nSPS) is 19.8. The molecule has 7 rings (SSSR count). The fourth-order valence-electron chi connectivity index (χ4n) is 6.56. The van der Waals surface area contributed by atoms with Crippen molar-refractivity contribution in [2.45, 2.75) is 56.1 Å². The van der Waals surface area contributed by atoms with E-state index >= 15 is 0 Å². The molecule has 2 atom stereocenters. The first-order valence-electron chi connectivity index (χ1n) is 16.2. The molecule has 10 nitrogen and oxygen atoms in total. The molecule has 4 heterocycles. The van der Waals surface area contributed by atoms with E-state index in [4.69, 9.17) is 4.74 Å². The maximum absolute atomic E-state index is 15.0. The van der Waals surface area contributed by atoms with Crippen molar-refractivity contribution in [1.82, 2.24) is 29.1 Å². The number of halogens is 2. The van der Waals surface area contributed by atoms with E-state index in [9.17, 15) is 13.6 Å². The predicted octanol–water partition coefficient (Wildman–Crippen LogP) is 5.78. The van der Waals surface area contributed by atoms with Gasteiger partial charge in [-0.1, -0.05) is 18.2 Å². The van der Waals surface area contributed by atoms with E-state index in [1.807, 2.05) is 26.0 Å². The van der Waals surface area contributed by atoms with Crippen LogP contribution in [-0.4, -0.2) is 60.7 Å². The third kappa shape index (κ3) is 6.61. The monoisotopic (exact) mass is 672 g/mol. The van der Waals surface area contributed by atoms with Crippen molar-refractivity contribution in [3.63, 3.8) is 0 Å². The minimum absolute atomic E-state index is 0.0115. The zero-order valence-electron chi connectivity index (χ0n) is 27.0. The van der Waals surface area contributed by atoms with Gasteiger partial charge in [-0.15, -0.1) is 11.8 Å². The van der Waals surface area contributed by atoms with E-state index in [1.165, 1.54) is 34.4 Å². The van der Waals surface area contributed by atoms with Gasteiger partial charge >= 0.3 is 5.69 Å². The Kier molecular flexibility index (Phi) is 9.06. The number of piperazine rings is 1. The van der Waals surface area contributed by atoms with Crippen LogP contribution in [0.5, 0.6) is 0 Å². The minimum atomic E-state index is -0.950. The summed E-state index contributed by atoms with van der Waals surface area (Å²) in [6, 6.07) is 20.4. The number of anilines is 2. The Labute approximate surface area is 282 Å². The van der Waals surface area contributed by atoms with Crippen molar-refractivity contribution >= 4 is 23.1 Å². The van der Waals surface area contributed by atoms with Gasteiger partial charge in [0.05, 0.1) is 18.3 Å². The average Bonchev–Trinajstić information content (AvgIpc) is 3.85. The molecule has 0 bridgehead atoms. The van der Waals surface area contributed by atoms with Crippen LogP contribution in [0.15, 0.2) is 90.5 Å². The third-order valence-electron chi connectivity index (χ3n) is 9.14. The van der Waals surface area contributed by atoms with Crippen molar-refractivity contribution in [3.05, 3.63) is 119 Å². The molecule has 250 valence electrons. The van der Waals surface area contributed by atoms with Crippen molar-refractivity contribution in [3.8, 4) is 5.69 Å². The largest absolute Gasteiger partial charge is 0.368 e. The molecule has 2 saturated heterocycles. The van der Waals surface area contributed by atoms with Gasteiger partial charge < -0.3 is 14.5 Å². The summed E-state index contributed by atoms with van der Waals surface area (Å²) in [6.45, 7) is 7.78. The molecule has 48 heavy (non-hydrogen) atoms. The number of nitrogens with zero attached hydrogens (tertiary/aromatic N) is 8. The molecule has 0 N–H and O–H groups in total. The Bertz CT molecular complexity index is 1890. The molecule has 0 amide bonds. The van der Waals surface area contributed by atoms with Crippen molar-refractivity contribution < 1.29 is 13.5 Å². The lowest BCUT2D eigenvalue weighted by Gasteiger charge is -2.37. The lowest BCUT2D eigenvalue weighted by Crippen LogP contribution is -2.46. The van der Waals surface area contributed by atoms with Gasteiger partial charge in [0.25, 0.3) is 0 Å². The number of hydrogen-bond acceptors (Lipinski definition) is 8. The molecule has 0 saturated carbocycles. The quantitative estimate of drug-likeness (QED) is 0.185. The smallest absolute Gasteiger partial charge is 0.350 e. The summed E-state index contributed by atoms with van der Waals surface area (Å²) < 4.78 is 39.9. The van der Waals surface area contributed by atoms with Crippen molar-refractivity contribution in [2.75, 3.05) is 36.0 Å². The standard InChI is InChI=1S/C35H38F2N8O2S/c1-25(2)45-34(46)44(24-40-45)30-10-8-29(9-11-30)42-17-15-41(16-18-42)28-6-3-26(4-7-28)20-48-33-13-14-35(47-33,21-43-23-38-22-39-43)31-12-5-27(36)19-32(31)37/h3-12,19,22-25,33H,13-18,20-21H2,1-2H3. The molecule has 2 aromatic heterocycles. The maximum atomic E-state index is 15.0. The van der Waals surface area contributed by atoms with Gasteiger partial charge in [0.1, 0.15) is 41.7 Å². The Morgan fingerprint density at radius 3 is 2.17 bits per heavy atom. The Morgan fingerprint density at radius 1 is 0.896 bits per heavy atom. The van der Waals surface area contributed by atoms with Crippen molar-refractivity contribution in [1.29, 1.82) is 0 Å². The number of ether oxygens (including phenoxy) is 1. The predicted molar refractivity (Wildman–Crippen MR) is 183 cm³/mol. The highest BCUT2D eigenvalue weighted by Gasteiger charge is 2.44. The fourth-order valence-corrected chi connectivity index (χ4v) is 7.67. The van der Waals surface area contributed by atoms with Gasteiger partial charge in [0.2, 0.25) is 0 Å². The lowest BCUT2D eigenvalue weighted by molar-refractivity contribution is -0.0317. The molecular formula is C35H38F2N8O2S.